The van der Waals surface area contributed by atoms with E-state index < -0.39 is 0 Å². The second kappa shape index (κ2) is 4.97. The van der Waals surface area contributed by atoms with Crippen LogP contribution >= 0.6 is 0 Å². The highest BCUT2D eigenvalue weighted by Crippen LogP contribution is 2.25. The summed E-state index contributed by atoms with van der Waals surface area (Å²) in [5.74, 6) is -0.0995. The molecule has 5 heteroatoms. The van der Waals surface area contributed by atoms with Crippen molar-refractivity contribution < 1.29 is 9.59 Å². The lowest BCUT2D eigenvalue weighted by atomic mass is 10.0. The number of amides is 2. The second-order valence-corrected chi connectivity index (χ2v) is 4.01. The zero-order valence-electron chi connectivity index (χ0n) is 9.45. The van der Waals surface area contributed by atoms with E-state index in [1.807, 2.05) is 12.1 Å². The predicted molar refractivity (Wildman–Crippen MR) is 65.7 cm³/mol. The van der Waals surface area contributed by atoms with Crippen LogP contribution in [-0.4, -0.2) is 18.4 Å². The fourth-order valence-electron chi connectivity index (χ4n) is 1.80. The first-order valence-corrected chi connectivity index (χ1v) is 5.62. The number of nitrogens with two attached hydrogens (primary N) is 1. The number of fused-ring (bicyclic) bond motifs is 1. The zero-order valence-corrected chi connectivity index (χ0v) is 9.45. The molecule has 0 spiro atoms. The average Bonchev–Trinajstić information content (AvgIpc) is 2.28. The molecule has 2 rings (SSSR count). The molecule has 0 atom stereocenters. The van der Waals surface area contributed by atoms with Crippen LogP contribution in [0, 0.1) is 0 Å². The van der Waals surface area contributed by atoms with E-state index in [2.05, 4.69) is 10.6 Å². The highest BCUT2D eigenvalue weighted by Gasteiger charge is 2.15. The fourth-order valence-corrected chi connectivity index (χ4v) is 1.80. The lowest BCUT2D eigenvalue weighted by molar-refractivity contribution is -0.117. The maximum absolute atomic E-state index is 11.4. The van der Waals surface area contributed by atoms with Crippen LogP contribution in [0.15, 0.2) is 18.2 Å². The Morgan fingerprint density at radius 3 is 3.00 bits per heavy atom. The van der Waals surface area contributed by atoms with Crippen molar-refractivity contribution in [3.8, 4) is 0 Å². The molecule has 4 N–H and O–H groups in total. The highest BCUT2D eigenvalue weighted by molar-refractivity contribution is 5.96. The molecule has 2 amide bonds. The summed E-state index contributed by atoms with van der Waals surface area (Å²) in [6, 6.07) is 5.54. The van der Waals surface area contributed by atoms with Gasteiger partial charge in [0.15, 0.2) is 0 Å². The molecular weight excluding hydrogens is 218 g/mol. The highest BCUT2D eigenvalue weighted by atomic mass is 16.2. The molecular formula is C12H15N3O2. The number of benzene rings is 1. The molecule has 0 radical (unpaired) electrons. The van der Waals surface area contributed by atoms with E-state index in [4.69, 9.17) is 5.73 Å². The summed E-state index contributed by atoms with van der Waals surface area (Å²) < 4.78 is 0. The van der Waals surface area contributed by atoms with Gasteiger partial charge in [0.2, 0.25) is 11.8 Å². The second-order valence-electron chi connectivity index (χ2n) is 4.01. The minimum absolute atomic E-state index is 0.0166. The third-order valence-corrected chi connectivity index (χ3v) is 2.66. The number of rotatable bonds is 3. The Morgan fingerprint density at radius 2 is 2.24 bits per heavy atom. The molecule has 1 aliphatic rings. The molecule has 0 saturated carbocycles. The molecule has 0 bridgehead atoms. The van der Waals surface area contributed by atoms with Gasteiger partial charge in [-0.1, -0.05) is 6.07 Å². The van der Waals surface area contributed by atoms with Crippen LogP contribution in [0.1, 0.15) is 18.4 Å². The van der Waals surface area contributed by atoms with E-state index >= 15 is 0 Å². The molecule has 0 saturated heterocycles. The van der Waals surface area contributed by atoms with Crippen molar-refractivity contribution in [1.82, 2.24) is 0 Å². The van der Waals surface area contributed by atoms with Crippen LogP contribution < -0.4 is 16.4 Å². The smallest absolute Gasteiger partial charge is 0.225 e. The summed E-state index contributed by atoms with van der Waals surface area (Å²) in [5, 5.41) is 5.53. The Labute approximate surface area is 99.4 Å². The van der Waals surface area contributed by atoms with Crippen LogP contribution in [0.2, 0.25) is 0 Å². The molecule has 1 aromatic carbocycles. The maximum atomic E-state index is 11.4. The van der Waals surface area contributed by atoms with Crippen LogP contribution in [0.25, 0.3) is 0 Å². The Morgan fingerprint density at radius 1 is 1.41 bits per heavy atom. The molecule has 0 unspecified atom stereocenters. The summed E-state index contributed by atoms with van der Waals surface area (Å²) in [7, 11) is 0. The first-order valence-electron chi connectivity index (χ1n) is 5.62. The number of nitrogens with one attached hydrogen (secondary N) is 2. The largest absolute Gasteiger partial charge is 0.330 e. The third-order valence-electron chi connectivity index (χ3n) is 2.66. The molecule has 1 aromatic rings. The molecule has 0 aliphatic carbocycles. The fraction of sp³-hybridized carbons (Fsp3) is 0.333. The van der Waals surface area contributed by atoms with E-state index in [0.717, 1.165) is 17.7 Å². The Bertz CT molecular complexity index is 457. The number of hydrogen-bond acceptors (Lipinski definition) is 3. The molecule has 1 heterocycles. The number of carbonyl (C=O) groups excluding carboxylic acids is 2. The summed E-state index contributed by atoms with van der Waals surface area (Å²) in [6.45, 7) is 0.327. The van der Waals surface area contributed by atoms with Gasteiger partial charge in [0, 0.05) is 30.8 Å². The van der Waals surface area contributed by atoms with Gasteiger partial charge < -0.3 is 16.4 Å². The Hall–Kier alpha value is -1.88. The Balaban J connectivity index is 2.13. The van der Waals surface area contributed by atoms with E-state index in [1.165, 1.54) is 0 Å². The van der Waals surface area contributed by atoms with E-state index in [-0.39, 0.29) is 11.8 Å². The first-order chi connectivity index (χ1) is 8.19. The van der Waals surface area contributed by atoms with Gasteiger partial charge in [0.1, 0.15) is 0 Å². The first kappa shape index (κ1) is 11.6. The summed E-state index contributed by atoms with van der Waals surface area (Å²) in [6.07, 6.45) is 1.56. The molecule has 0 fully saturated rings. The summed E-state index contributed by atoms with van der Waals surface area (Å²) in [5.41, 5.74) is 7.86. The van der Waals surface area contributed by atoms with Crippen molar-refractivity contribution in [1.29, 1.82) is 0 Å². The number of anilines is 2. The summed E-state index contributed by atoms with van der Waals surface area (Å²) in [4.78, 5) is 22.6. The van der Waals surface area contributed by atoms with E-state index in [1.54, 1.807) is 6.07 Å². The predicted octanol–water partition coefficient (Wildman–Crippen LogP) is 0.859. The van der Waals surface area contributed by atoms with Crippen molar-refractivity contribution in [2.45, 2.75) is 19.3 Å². The van der Waals surface area contributed by atoms with E-state index in [9.17, 15) is 9.59 Å². The number of aryl methyl sites for hydroxylation is 1. The van der Waals surface area contributed by atoms with Gasteiger partial charge in [-0.25, -0.2) is 0 Å². The molecule has 5 nitrogen and oxygen atoms in total. The van der Waals surface area contributed by atoms with Crippen molar-refractivity contribution in [2.24, 2.45) is 5.73 Å². The minimum Gasteiger partial charge on any atom is -0.330 e. The van der Waals surface area contributed by atoms with Gasteiger partial charge in [-0.3, -0.25) is 9.59 Å². The SMILES string of the molecule is NCCC(=O)Nc1ccc2c(c1)NC(=O)CC2. The van der Waals surface area contributed by atoms with Crippen molar-refractivity contribution in [3.63, 3.8) is 0 Å². The monoisotopic (exact) mass is 233 g/mol. The van der Waals surface area contributed by atoms with Crippen LogP contribution in [0.5, 0.6) is 0 Å². The minimum atomic E-state index is -0.116. The van der Waals surface area contributed by atoms with Crippen molar-refractivity contribution >= 4 is 23.2 Å². The third kappa shape index (κ3) is 2.82. The molecule has 90 valence electrons. The van der Waals surface area contributed by atoms with Crippen LogP contribution in [-0.2, 0) is 16.0 Å². The maximum Gasteiger partial charge on any atom is 0.225 e. The van der Waals surface area contributed by atoms with Gasteiger partial charge in [0.05, 0.1) is 0 Å². The van der Waals surface area contributed by atoms with Gasteiger partial charge in [0.25, 0.3) is 0 Å². The normalized spacial score (nSPS) is 13.8. The summed E-state index contributed by atoms with van der Waals surface area (Å²) >= 11 is 0. The number of carbonyl (C=O) groups is 2. The lowest BCUT2D eigenvalue weighted by Crippen LogP contribution is -2.20. The van der Waals surface area contributed by atoms with Gasteiger partial charge >= 0.3 is 0 Å². The van der Waals surface area contributed by atoms with E-state index in [0.29, 0.717) is 25.1 Å². The zero-order chi connectivity index (χ0) is 12.3. The number of hydrogen-bond donors (Lipinski definition) is 3. The standard InChI is InChI=1S/C12H15N3O2/c13-6-5-12(17)14-9-3-1-8-2-4-11(16)15-10(8)7-9/h1,3,7H,2,4-6,13H2,(H,14,17)(H,15,16). The van der Waals surface area contributed by atoms with Gasteiger partial charge in [-0.15, -0.1) is 0 Å². The molecule has 0 aromatic heterocycles. The van der Waals surface area contributed by atoms with Gasteiger partial charge in [-0.2, -0.15) is 0 Å². The topological polar surface area (TPSA) is 84.2 Å². The van der Waals surface area contributed by atoms with Crippen molar-refractivity contribution in [3.05, 3.63) is 23.8 Å². The van der Waals surface area contributed by atoms with Crippen LogP contribution in [0.4, 0.5) is 11.4 Å². The van der Waals surface area contributed by atoms with Crippen molar-refractivity contribution in [2.75, 3.05) is 17.2 Å². The van der Waals surface area contributed by atoms with Crippen LogP contribution in [0.3, 0.4) is 0 Å². The molecule has 1 aliphatic heterocycles. The molecule has 17 heavy (non-hydrogen) atoms. The van der Waals surface area contributed by atoms with Gasteiger partial charge in [-0.05, 0) is 24.1 Å². The lowest BCUT2D eigenvalue weighted by Gasteiger charge is -2.17. The Kier molecular flexibility index (Phi) is 3.39. The average molecular weight is 233 g/mol. The quantitative estimate of drug-likeness (QED) is 0.724.